The first-order valence-electron chi connectivity index (χ1n) is 7.31. The summed E-state index contributed by atoms with van der Waals surface area (Å²) in [6.45, 7) is 2.87. The lowest BCUT2D eigenvalue weighted by Crippen LogP contribution is -2.23. The third kappa shape index (κ3) is 4.97. The van der Waals surface area contributed by atoms with Crippen LogP contribution in [0.15, 0.2) is 54.6 Å². The summed E-state index contributed by atoms with van der Waals surface area (Å²) in [4.78, 5) is 2.24. The predicted octanol–water partition coefficient (Wildman–Crippen LogP) is 2.79. The SMILES string of the molecule is CN(CCOCCO)Cc1ccccc1-c1ccccc1. The Kier molecular flexibility index (Phi) is 6.41. The molecule has 3 nitrogen and oxygen atoms in total. The highest BCUT2D eigenvalue weighted by atomic mass is 16.5. The maximum absolute atomic E-state index is 8.69. The molecule has 0 aromatic heterocycles. The van der Waals surface area contributed by atoms with Gasteiger partial charge in [0.05, 0.1) is 19.8 Å². The Hall–Kier alpha value is -1.68. The molecule has 0 atom stereocenters. The maximum atomic E-state index is 8.69. The van der Waals surface area contributed by atoms with Gasteiger partial charge in [-0.15, -0.1) is 0 Å². The van der Waals surface area contributed by atoms with Gasteiger partial charge in [0.15, 0.2) is 0 Å². The van der Waals surface area contributed by atoms with Crippen molar-refractivity contribution in [2.45, 2.75) is 6.54 Å². The fourth-order valence-electron chi connectivity index (χ4n) is 2.31. The monoisotopic (exact) mass is 285 g/mol. The van der Waals surface area contributed by atoms with Crippen molar-refractivity contribution >= 4 is 0 Å². The van der Waals surface area contributed by atoms with Gasteiger partial charge in [0.2, 0.25) is 0 Å². The minimum atomic E-state index is 0.0839. The highest BCUT2D eigenvalue weighted by Crippen LogP contribution is 2.24. The molecule has 0 bridgehead atoms. The summed E-state index contributed by atoms with van der Waals surface area (Å²) >= 11 is 0. The minimum absolute atomic E-state index is 0.0839. The number of aliphatic hydroxyl groups excluding tert-OH is 1. The van der Waals surface area contributed by atoms with Crippen LogP contribution in [0, 0.1) is 0 Å². The average molecular weight is 285 g/mol. The molecule has 0 radical (unpaired) electrons. The second-order valence-corrected chi connectivity index (χ2v) is 5.10. The minimum Gasteiger partial charge on any atom is -0.394 e. The second-order valence-electron chi connectivity index (χ2n) is 5.10. The summed E-state index contributed by atoms with van der Waals surface area (Å²) in [5.41, 5.74) is 3.84. The number of rotatable bonds is 8. The Bertz CT molecular complexity index is 528. The van der Waals surface area contributed by atoms with Crippen molar-refractivity contribution in [1.29, 1.82) is 0 Å². The van der Waals surface area contributed by atoms with Crippen LogP contribution in [0.2, 0.25) is 0 Å². The van der Waals surface area contributed by atoms with Crippen molar-refractivity contribution < 1.29 is 9.84 Å². The van der Waals surface area contributed by atoms with Crippen molar-refractivity contribution in [3.63, 3.8) is 0 Å². The summed E-state index contributed by atoms with van der Waals surface area (Å²) in [7, 11) is 2.09. The number of hydrogen-bond acceptors (Lipinski definition) is 3. The van der Waals surface area contributed by atoms with E-state index in [0.29, 0.717) is 13.2 Å². The number of aliphatic hydroxyl groups is 1. The van der Waals surface area contributed by atoms with Crippen LogP contribution in [0.5, 0.6) is 0 Å². The Balaban J connectivity index is 2.00. The van der Waals surface area contributed by atoms with Crippen LogP contribution < -0.4 is 0 Å². The molecule has 21 heavy (non-hydrogen) atoms. The van der Waals surface area contributed by atoms with Crippen LogP contribution in [0.1, 0.15) is 5.56 Å². The first kappa shape index (κ1) is 15.7. The van der Waals surface area contributed by atoms with Crippen molar-refractivity contribution in [2.75, 3.05) is 33.4 Å². The Morgan fingerprint density at radius 1 is 0.952 bits per heavy atom. The number of nitrogens with zero attached hydrogens (tertiary/aromatic N) is 1. The van der Waals surface area contributed by atoms with Crippen molar-refractivity contribution in [3.8, 4) is 11.1 Å². The lowest BCUT2D eigenvalue weighted by Gasteiger charge is -2.19. The number of likely N-dealkylation sites (N-methyl/N-ethyl adjacent to an activating group) is 1. The fraction of sp³-hybridized carbons (Fsp3) is 0.333. The van der Waals surface area contributed by atoms with Crippen molar-refractivity contribution in [1.82, 2.24) is 4.90 Å². The predicted molar refractivity (Wildman–Crippen MR) is 86.1 cm³/mol. The van der Waals surface area contributed by atoms with Gasteiger partial charge in [-0.05, 0) is 23.7 Å². The van der Waals surface area contributed by atoms with Crippen LogP contribution in [-0.4, -0.2) is 43.4 Å². The van der Waals surface area contributed by atoms with Crippen LogP contribution >= 0.6 is 0 Å². The van der Waals surface area contributed by atoms with E-state index in [0.717, 1.165) is 13.1 Å². The molecule has 0 heterocycles. The Labute approximate surface area is 126 Å². The molecule has 0 unspecified atom stereocenters. The zero-order valence-electron chi connectivity index (χ0n) is 12.5. The summed E-state index contributed by atoms with van der Waals surface area (Å²) in [6.07, 6.45) is 0. The zero-order valence-corrected chi connectivity index (χ0v) is 12.5. The normalized spacial score (nSPS) is 11.0. The average Bonchev–Trinajstić information content (AvgIpc) is 2.53. The van der Waals surface area contributed by atoms with E-state index < -0.39 is 0 Å². The van der Waals surface area contributed by atoms with Crippen LogP contribution in [-0.2, 0) is 11.3 Å². The summed E-state index contributed by atoms with van der Waals surface area (Å²) in [5, 5.41) is 8.69. The topological polar surface area (TPSA) is 32.7 Å². The molecule has 0 aliphatic heterocycles. The summed E-state index contributed by atoms with van der Waals surface area (Å²) in [5.74, 6) is 0. The Morgan fingerprint density at radius 3 is 2.43 bits per heavy atom. The lowest BCUT2D eigenvalue weighted by molar-refractivity contribution is 0.0773. The quantitative estimate of drug-likeness (QED) is 0.757. The molecule has 0 saturated heterocycles. The largest absolute Gasteiger partial charge is 0.394 e. The van der Waals surface area contributed by atoms with Gasteiger partial charge in [0.1, 0.15) is 0 Å². The standard InChI is InChI=1S/C18H23NO2/c1-19(11-13-21-14-12-20)15-17-9-5-6-10-18(17)16-7-3-2-4-8-16/h2-10,20H,11-15H2,1H3. The third-order valence-corrected chi connectivity index (χ3v) is 3.40. The molecular weight excluding hydrogens is 262 g/mol. The van der Waals surface area contributed by atoms with E-state index in [1.807, 2.05) is 6.07 Å². The number of ether oxygens (including phenoxy) is 1. The molecule has 0 aliphatic carbocycles. The first-order valence-corrected chi connectivity index (χ1v) is 7.31. The van der Waals surface area contributed by atoms with Gasteiger partial charge < -0.3 is 9.84 Å². The van der Waals surface area contributed by atoms with Gasteiger partial charge in [-0.25, -0.2) is 0 Å². The molecule has 112 valence electrons. The van der Waals surface area contributed by atoms with E-state index in [1.165, 1.54) is 16.7 Å². The summed E-state index contributed by atoms with van der Waals surface area (Å²) in [6, 6.07) is 19.0. The molecule has 0 aliphatic rings. The van der Waals surface area contributed by atoms with Gasteiger partial charge in [-0.2, -0.15) is 0 Å². The Morgan fingerprint density at radius 2 is 1.67 bits per heavy atom. The maximum Gasteiger partial charge on any atom is 0.0698 e. The van der Waals surface area contributed by atoms with Crippen LogP contribution in [0.25, 0.3) is 11.1 Å². The lowest BCUT2D eigenvalue weighted by atomic mass is 9.99. The smallest absolute Gasteiger partial charge is 0.0698 e. The van der Waals surface area contributed by atoms with E-state index in [-0.39, 0.29) is 6.61 Å². The second kappa shape index (κ2) is 8.57. The third-order valence-electron chi connectivity index (χ3n) is 3.40. The molecule has 0 spiro atoms. The number of hydrogen-bond donors (Lipinski definition) is 1. The fourth-order valence-corrected chi connectivity index (χ4v) is 2.31. The van der Waals surface area contributed by atoms with Gasteiger partial charge in [0.25, 0.3) is 0 Å². The molecule has 1 N–H and O–H groups in total. The highest BCUT2D eigenvalue weighted by Gasteiger charge is 2.07. The molecule has 2 aromatic rings. The van der Waals surface area contributed by atoms with E-state index in [9.17, 15) is 0 Å². The van der Waals surface area contributed by atoms with Crippen molar-refractivity contribution in [3.05, 3.63) is 60.2 Å². The van der Waals surface area contributed by atoms with E-state index in [2.05, 4.69) is 60.5 Å². The zero-order chi connectivity index (χ0) is 14.9. The summed E-state index contributed by atoms with van der Waals surface area (Å²) < 4.78 is 5.31. The van der Waals surface area contributed by atoms with Gasteiger partial charge in [-0.1, -0.05) is 54.6 Å². The number of benzene rings is 2. The van der Waals surface area contributed by atoms with E-state index in [1.54, 1.807) is 0 Å². The van der Waals surface area contributed by atoms with Crippen LogP contribution in [0.4, 0.5) is 0 Å². The van der Waals surface area contributed by atoms with Crippen molar-refractivity contribution in [2.24, 2.45) is 0 Å². The van der Waals surface area contributed by atoms with E-state index >= 15 is 0 Å². The first-order chi connectivity index (χ1) is 10.3. The van der Waals surface area contributed by atoms with E-state index in [4.69, 9.17) is 9.84 Å². The van der Waals surface area contributed by atoms with Gasteiger partial charge in [-0.3, -0.25) is 4.90 Å². The van der Waals surface area contributed by atoms with Crippen LogP contribution in [0.3, 0.4) is 0 Å². The molecule has 2 aromatic carbocycles. The molecule has 3 heteroatoms. The van der Waals surface area contributed by atoms with Gasteiger partial charge in [0, 0.05) is 13.1 Å². The molecule has 2 rings (SSSR count). The van der Waals surface area contributed by atoms with Gasteiger partial charge >= 0.3 is 0 Å². The highest BCUT2D eigenvalue weighted by molar-refractivity contribution is 5.67. The molecule has 0 fully saturated rings. The molecule has 0 amide bonds. The molecular formula is C18H23NO2. The molecule has 0 saturated carbocycles.